The van der Waals surface area contributed by atoms with Gasteiger partial charge < -0.3 is 9.47 Å². The van der Waals surface area contributed by atoms with Crippen molar-refractivity contribution in [3.63, 3.8) is 0 Å². The molecule has 0 N–H and O–H groups in total. The fourth-order valence-corrected chi connectivity index (χ4v) is 3.78. The molecule has 2 saturated heterocycles. The zero-order valence-corrected chi connectivity index (χ0v) is 15.6. The third-order valence-electron chi connectivity index (χ3n) is 5.45. The summed E-state index contributed by atoms with van der Waals surface area (Å²) in [5, 5.41) is 0. The summed E-state index contributed by atoms with van der Waals surface area (Å²) in [6, 6.07) is 15.7. The number of likely N-dealkylation sites (tertiary alicyclic amines) is 1. The first kappa shape index (κ1) is 18.4. The summed E-state index contributed by atoms with van der Waals surface area (Å²) in [4.78, 5) is 4.81. The molecule has 144 valence electrons. The molecule has 2 aromatic rings. The number of rotatable bonds is 7. The van der Waals surface area contributed by atoms with Gasteiger partial charge >= 0.3 is 0 Å². The first-order chi connectivity index (χ1) is 13.3. The second-order valence-corrected chi connectivity index (χ2v) is 7.28. The van der Waals surface area contributed by atoms with Crippen LogP contribution < -0.4 is 4.74 Å². The lowest BCUT2D eigenvalue weighted by molar-refractivity contribution is 0.0322. The summed E-state index contributed by atoms with van der Waals surface area (Å²) in [7, 11) is 0. The summed E-state index contributed by atoms with van der Waals surface area (Å²) in [6.45, 7) is 7.22. The van der Waals surface area contributed by atoms with Crippen LogP contribution in [-0.2, 0) is 11.3 Å². The monoisotopic (exact) mass is 370 g/mol. The molecule has 5 heteroatoms. The van der Waals surface area contributed by atoms with E-state index in [0.717, 1.165) is 58.1 Å². The number of nitrogens with zero attached hydrogens (tertiary/aromatic N) is 2. The van der Waals surface area contributed by atoms with E-state index in [-0.39, 0.29) is 5.82 Å². The molecule has 0 amide bonds. The standard InChI is InChI=1S/C22H27FN2O2/c23-20-6-4-19(5-7-20)22-8-9-25(22)17-18-2-1-3-21(16-18)27-15-12-24-10-13-26-14-11-24/h1-7,16,22H,8-15,17H2/t22-/m0/s1. The molecule has 2 heterocycles. The van der Waals surface area contributed by atoms with E-state index >= 15 is 0 Å². The Balaban J connectivity index is 1.29. The Morgan fingerprint density at radius 2 is 1.85 bits per heavy atom. The highest BCUT2D eigenvalue weighted by atomic mass is 19.1. The predicted octanol–water partition coefficient (Wildman–Crippen LogP) is 3.48. The Bertz CT molecular complexity index is 731. The maximum Gasteiger partial charge on any atom is 0.123 e. The molecule has 4 rings (SSSR count). The summed E-state index contributed by atoms with van der Waals surface area (Å²) < 4.78 is 24.5. The normalized spacial score (nSPS) is 21.0. The molecule has 4 nitrogen and oxygen atoms in total. The van der Waals surface area contributed by atoms with E-state index in [1.54, 1.807) is 12.1 Å². The zero-order chi connectivity index (χ0) is 18.5. The van der Waals surface area contributed by atoms with Gasteiger partial charge in [0.25, 0.3) is 0 Å². The maximum absolute atomic E-state index is 13.1. The third-order valence-corrected chi connectivity index (χ3v) is 5.45. The van der Waals surface area contributed by atoms with Crippen LogP contribution in [0, 0.1) is 5.82 Å². The Labute approximate surface area is 160 Å². The van der Waals surface area contributed by atoms with E-state index in [1.807, 2.05) is 18.2 Å². The Kier molecular flexibility index (Phi) is 6.02. The number of halogens is 1. The highest BCUT2D eigenvalue weighted by Crippen LogP contribution is 2.34. The second-order valence-electron chi connectivity index (χ2n) is 7.28. The van der Waals surface area contributed by atoms with Gasteiger partial charge in [0.15, 0.2) is 0 Å². The largest absolute Gasteiger partial charge is 0.492 e. The topological polar surface area (TPSA) is 24.9 Å². The van der Waals surface area contributed by atoms with Gasteiger partial charge in [0, 0.05) is 38.8 Å². The van der Waals surface area contributed by atoms with Crippen molar-refractivity contribution < 1.29 is 13.9 Å². The molecule has 0 radical (unpaired) electrons. The van der Waals surface area contributed by atoms with Crippen LogP contribution in [0.15, 0.2) is 48.5 Å². The molecule has 0 saturated carbocycles. The van der Waals surface area contributed by atoms with Gasteiger partial charge in [0.1, 0.15) is 18.2 Å². The highest BCUT2D eigenvalue weighted by Gasteiger charge is 2.29. The molecule has 0 bridgehead atoms. The van der Waals surface area contributed by atoms with Crippen LogP contribution in [0.5, 0.6) is 5.75 Å². The number of ether oxygens (including phenoxy) is 2. The minimum atomic E-state index is -0.174. The van der Waals surface area contributed by atoms with Crippen LogP contribution in [-0.4, -0.2) is 55.8 Å². The van der Waals surface area contributed by atoms with Gasteiger partial charge in [0.2, 0.25) is 0 Å². The zero-order valence-electron chi connectivity index (χ0n) is 15.6. The molecule has 2 aromatic carbocycles. The molecule has 2 fully saturated rings. The van der Waals surface area contributed by atoms with Crippen LogP contribution in [0.1, 0.15) is 23.6 Å². The van der Waals surface area contributed by atoms with E-state index < -0.39 is 0 Å². The SMILES string of the molecule is Fc1ccc([C@@H]2CCN2Cc2cccc(OCCN3CCOCC3)c2)cc1. The van der Waals surface area contributed by atoms with Gasteiger partial charge in [0.05, 0.1) is 13.2 Å². The van der Waals surface area contributed by atoms with Crippen LogP contribution >= 0.6 is 0 Å². The van der Waals surface area contributed by atoms with Gasteiger partial charge in [-0.1, -0.05) is 24.3 Å². The Morgan fingerprint density at radius 1 is 1.04 bits per heavy atom. The lowest BCUT2D eigenvalue weighted by Crippen LogP contribution is -2.40. The Hall–Kier alpha value is -1.95. The van der Waals surface area contributed by atoms with Crippen molar-refractivity contribution in [2.24, 2.45) is 0 Å². The fourth-order valence-electron chi connectivity index (χ4n) is 3.78. The first-order valence-corrected chi connectivity index (χ1v) is 9.79. The smallest absolute Gasteiger partial charge is 0.123 e. The summed E-state index contributed by atoms with van der Waals surface area (Å²) >= 11 is 0. The van der Waals surface area contributed by atoms with Crippen molar-refractivity contribution >= 4 is 0 Å². The molecule has 0 spiro atoms. The quantitative estimate of drug-likeness (QED) is 0.745. The third kappa shape index (κ3) is 4.86. The maximum atomic E-state index is 13.1. The van der Waals surface area contributed by atoms with Crippen molar-refractivity contribution in [3.05, 3.63) is 65.5 Å². The van der Waals surface area contributed by atoms with Gasteiger partial charge in [-0.15, -0.1) is 0 Å². The molecule has 2 aliphatic heterocycles. The molecule has 0 aliphatic carbocycles. The van der Waals surface area contributed by atoms with Crippen LogP contribution in [0.2, 0.25) is 0 Å². The van der Waals surface area contributed by atoms with E-state index in [0.29, 0.717) is 12.6 Å². The lowest BCUT2D eigenvalue weighted by Gasteiger charge is -2.41. The number of hydrogen-bond acceptors (Lipinski definition) is 4. The van der Waals surface area contributed by atoms with Crippen LogP contribution in [0.3, 0.4) is 0 Å². The summed E-state index contributed by atoms with van der Waals surface area (Å²) in [5.41, 5.74) is 2.45. The molecular formula is C22H27FN2O2. The molecule has 1 atom stereocenters. The number of morpholine rings is 1. The molecular weight excluding hydrogens is 343 g/mol. The van der Waals surface area contributed by atoms with Crippen molar-refractivity contribution in [1.82, 2.24) is 9.80 Å². The fraction of sp³-hybridized carbons (Fsp3) is 0.455. The van der Waals surface area contributed by atoms with E-state index in [1.165, 1.54) is 11.1 Å². The molecule has 0 unspecified atom stereocenters. The average Bonchev–Trinajstić information content (AvgIpc) is 2.68. The molecule has 27 heavy (non-hydrogen) atoms. The molecule has 2 aliphatic rings. The first-order valence-electron chi connectivity index (χ1n) is 9.79. The Morgan fingerprint density at radius 3 is 2.59 bits per heavy atom. The van der Waals surface area contributed by atoms with Crippen molar-refractivity contribution in [2.45, 2.75) is 19.0 Å². The van der Waals surface area contributed by atoms with Gasteiger partial charge in [-0.2, -0.15) is 0 Å². The number of hydrogen-bond donors (Lipinski definition) is 0. The van der Waals surface area contributed by atoms with Crippen molar-refractivity contribution in [2.75, 3.05) is 46.0 Å². The minimum Gasteiger partial charge on any atom is -0.492 e. The van der Waals surface area contributed by atoms with Gasteiger partial charge in [-0.05, 0) is 41.8 Å². The van der Waals surface area contributed by atoms with E-state index in [4.69, 9.17) is 9.47 Å². The van der Waals surface area contributed by atoms with Crippen LogP contribution in [0.4, 0.5) is 4.39 Å². The second kappa shape index (κ2) is 8.83. The van der Waals surface area contributed by atoms with E-state index in [2.05, 4.69) is 28.0 Å². The van der Waals surface area contributed by atoms with E-state index in [9.17, 15) is 4.39 Å². The summed E-state index contributed by atoms with van der Waals surface area (Å²) in [6.07, 6.45) is 1.13. The van der Waals surface area contributed by atoms with Crippen molar-refractivity contribution in [3.8, 4) is 5.75 Å². The minimum absolute atomic E-state index is 0.174. The van der Waals surface area contributed by atoms with Crippen molar-refractivity contribution in [1.29, 1.82) is 0 Å². The van der Waals surface area contributed by atoms with Crippen LogP contribution in [0.25, 0.3) is 0 Å². The highest BCUT2D eigenvalue weighted by molar-refractivity contribution is 5.29. The number of benzene rings is 2. The average molecular weight is 370 g/mol. The predicted molar refractivity (Wildman–Crippen MR) is 103 cm³/mol. The van der Waals surface area contributed by atoms with Gasteiger partial charge in [-0.25, -0.2) is 4.39 Å². The summed E-state index contributed by atoms with van der Waals surface area (Å²) in [5.74, 6) is 0.756. The lowest BCUT2D eigenvalue weighted by atomic mass is 9.94. The molecule has 0 aromatic heterocycles. The van der Waals surface area contributed by atoms with Gasteiger partial charge in [-0.3, -0.25) is 9.80 Å².